The summed E-state index contributed by atoms with van der Waals surface area (Å²) in [5.74, 6) is -0.129. The van der Waals surface area contributed by atoms with Crippen molar-refractivity contribution in [3.05, 3.63) is 46.5 Å². The number of alkyl carbamates (subject to hydrolysis) is 1. The summed E-state index contributed by atoms with van der Waals surface area (Å²) in [6.45, 7) is 9.61. The number of carbonyl (C=O) groups is 1. The van der Waals surface area contributed by atoms with Crippen LogP contribution in [0.3, 0.4) is 0 Å². The van der Waals surface area contributed by atoms with Crippen molar-refractivity contribution in [2.45, 2.75) is 32.2 Å². The Labute approximate surface area is 129 Å². The first-order valence-corrected chi connectivity index (χ1v) is 7.01. The van der Waals surface area contributed by atoms with Gasteiger partial charge in [0.1, 0.15) is 6.61 Å². The van der Waals surface area contributed by atoms with E-state index in [1.54, 1.807) is 18.2 Å². The van der Waals surface area contributed by atoms with Gasteiger partial charge in [-0.2, -0.15) is 0 Å². The average molecular weight is 316 g/mol. The van der Waals surface area contributed by atoms with Crippen molar-refractivity contribution in [3.63, 3.8) is 0 Å². The van der Waals surface area contributed by atoms with E-state index in [1.807, 2.05) is 26.8 Å². The summed E-state index contributed by atoms with van der Waals surface area (Å²) in [6.07, 6.45) is 1.26. The lowest BCUT2D eigenvalue weighted by Gasteiger charge is -2.21. The summed E-state index contributed by atoms with van der Waals surface area (Å²) in [5.41, 5.74) is 0.572. The molecule has 1 atom stereocenters. The van der Waals surface area contributed by atoms with E-state index in [1.165, 1.54) is 0 Å². The highest BCUT2D eigenvalue weighted by atomic mass is 35.5. The smallest absolute Gasteiger partial charge is 0.407 e. The van der Waals surface area contributed by atoms with Crippen LogP contribution in [0.15, 0.2) is 30.9 Å². The van der Waals surface area contributed by atoms with Gasteiger partial charge >= 0.3 is 6.09 Å². The Hall–Kier alpha value is -1.19. The van der Waals surface area contributed by atoms with Crippen molar-refractivity contribution >= 4 is 29.3 Å². The molecule has 1 rings (SSSR count). The van der Waals surface area contributed by atoms with Crippen LogP contribution in [0.25, 0.3) is 0 Å². The molecular weight excluding hydrogens is 297 g/mol. The molecule has 3 nitrogen and oxygen atoms in total. The highest BCUT2D eigenvalue weighted by Crippen LogP contribution is 2.27. The molecule has 0 radical (unpaired) electrons. The second-order valence-corrected chi connectivity index (χ2v) is 6.30. The van der Waals surface area contributed by atoms with E-state index in [0.29, 0.717) is 10.0 Å². The third-order valence-electron chi connectivity index (χ3n) is 2.53. The van der Waals surface area contributed by atoms with Crippen molar-refractivity contribution in [2.24, 2.45) is 0 Å². The Morgan fingerprint density at radius 1 is 1.40 bits per heavy atom. The fourth-order valence-electron chi connectivity index (χ4n) is 1.55. The third kappa shape index (κ3) is 5.43. The quantitative estimate of drug-likeness (QED) is 0.811. The van der Waals surface area contributed by atoms with E-state index in [-0.39, 0.29) is 18.1 Å². The van der Waals surface area contributed by atoms with Crippen LogP contribution in [0.1, 0.15) is 32.3 Å². The zero-order valence-corrected chi connectivity index (χ0v) is 13.4. The molecule has 0 aliphatic carbocycles. The maximum atomic E-state index is 11.6. The van der Waals surface area contributed by atoms with E-state index in [2.05, 4.69) is 11.9 Å². The number of ether oxygens (including phenoxy) is 1. The van der Waals surface area contributed by atoms with E-state index < -0.39 is 6.09 Å². The van der Waals surface area contributed by atoms with Crippen LogP contribution in [-0.4, -0.2) is 18.2 Å². The van der Waals surface area contributed by atoms with Gasteiger partial charge in [-0.3, -0.25) is 0 Å². The van der Waals surface area contributed by atoms with Gasteiger partial charge in [-0.1, -0.05) is 35.3 Å². The van der Waals surface area contributed by atoms with E-state index in [0.717, 1.165) is 5.56 Å². The molecular formula is C15H19Cl2NO2. The van der Waals surface area contributed by atoms with Gasteiger partial charge in [0.2, 0.25) is 0 Å². The van der Waals surface area contributed by atoms with Gasteiger partial charge in [0.25, 0.3) is 0 Å². The van der Waals surface area contributed by atoms with Crippen molar-refractivity contribution < 1.29 is 9.53 Å². The van der Waals surface area contributed by atoms with Crippen molar-refractivity contribution in [3.8, 4) is 0 Å². The lowest BCUT2D eigenvalue weighted by Crippen LogP contribution is -2.41. The van der Waals surface area contributed by atoms with Crippen molar-refractivity contribution in [1.29, 1.82) is 0 Å². The standard InChI is InChI=1S/C15H19Cl2NO2/c1-5-10(9-20-14(19)18-15(2,3)4)11-6-7-12(16)13(17)8-11/h5-8,10H,1,9H2,2-4H3,(H,18,19). The number of amides is 1. The number of nitrogens with one attached hydrogen (secondary N) is 1. The SMILES string of the molecule is C=CC(COC(=O)NC(C)(C)C)c1ccc(Cl)c(Cl)c1. The third-order valence-corrected chi connectivity index (χ3v) is 3.27. The minimum atomic E-state index is -0.454. The molecule has 5 heteroatoms. The number of halogens is 2. The zero-order chi connectivity index (χ0) is 15.3. The summed E-state index contributed by atoms with van der Waals surface area (Å²) in [7, 11) is 0. The number of carbonyl (C=O) groups excluding carboxylic acids is 1. The number of rotatable bonds is 4. The molecule has 1 aromatic rings. The van der Waals surface area contributed by atoms with E-state index >= 15 is 0 Å². The average Bonchev–Trinajstić information content (AvgIpc) is 2.32. The Morgan fingerprint density at radius 3 is 2.55 bits per heavy atom. The minimum Gasteiger partial charge on any atom is -0.449 e. The first-order chi connectivity index (χ1) is 9.23. The Balaban J connectivity index is 2.66. The molecule has 0 fully saturated rings. The highest BCUT2D eigenvalue weighted by molar-refractivity contribution is 6.42. The summed E-state index contributed by atoms with van der Waals surface area (Å²) in [6, 6.07) is 5.30. The predicted octanol–water partition coefficient (Wildman–Crippen LogP) is 4.79. The van der Waals surface area contributed by atoms with Crippen LogP contribution in [-0.2, 0) is 4.74 Å². The first kappa shape index (κ1) is 16.9. The monoisotopic (exact) mass is 315 g/mol. The van der Waals surface area contributed by atoms with Crippen LogP contribution >= 0.6 is 23.2 Å². The summed E-state index contributed by atoms with van der Waals surface area (Å²) in [5, 5.41) is 3.69. The zero-order valence-electron chi connectivity index (χ0n) is 11.9. The molecule has 1 N–H and O–H groups in total. The molecule has 0 bridgehead atoms. The minimum absolute atomic E-state index is 0.129. The van der Waals surface area contributed by atoms with Crippen LogP contribution in [0.4, 0.5) is 4.79 Å². The van der Waals surface area contributed by atoms with Gasteiger partial charge < -0.3 is 10.1 Å². The molecule has 1 aromatic carbocycles. The molecule has 0 spiro atoms. The molecule has 20 heavy (non-hydrogen) atoms. The van der Waals surface area contributed by atoms with E-state index in [9.17, 15) is 4.79 Å². The molecule has 0 aromatic heterocycles. The summed E-state index contributed by atoms with van der Waals surface area (Å²) < 4.78 is 5.20. The Bertz CT molecular complexity index is 495. The number of hydrogen-bond acceptors (Lipinski definition) is 2. The van der Waals surface area contributed by atoms with Crippen molar-refractivity contribution in [1.82, 2.24) is 5.32 Å². The van der Waals surface area contributed by atoms with Crippen molar-refractivity contribution in [2.75, 3.05) is 6.61 Å². The molecule has 1 amide bonds. The second kappa shape index (κ2) is 7.00. The fourth-order valence-corrected chi connectivity index (χ4v) is 1.86. The number of hydrogen-bond donors (Lipinski definition) is 1. The van der Waals surface area contributed by atoms with Gasteiger partial charge in [-0.15, -0.1) is 6.58 Å². The predicted molar refractivity (Wildman–Crippen MR) is 83.6 cm³/mol. The van der Waals surface area contributed by atoms with Gasteiger partial charge in [0, 0.05) is 11.5 Å². The largest absolute Gasteiger partial charge is 0.449 e. The molecule has 0 aliphatic rings. The van der Waals surface area contributed by atoms with Gasteiger partial charge in [-0.05, 0) is 38.5 Å². The Morgan fingerprint density at radius 2 is 2.05 bits per heavy atom. The molecule has 0 aliphatic heterocycles. The molecule has 0 saturated carbocycles. The molecule has 110 valence electrons. The van der Waals surface area contributed by atoms with Crippen LogP contribution < -0.4 is 5.32 Å². The van der Waals surface area contributed by atoms with Crippen LogP contribution in [0.5, 0.6) is 0 Å². The molecule has 0 saturated heterocycles. The van der Waals surface area contributed by atoms with E-state index in [4.69, 9.17) is 27.9 Å². The van der Waals surface area contributed by atoms with Gasteiger partial charge in [0.05, 0.1) is 10.0 Å². The topological polar surface area (TPSA) is 38.3 Å². The lowest BCUT2D eigenvalue weighted by atomic mass is 10.0. The summed E-state index contributed by atoms with van der Waals surface area (Å²) in [4.78, 5) is 11.6. The second-order valence-electron chi connectivity index (χ2n) is 5.49. The molecule has 0 heterocycles. The highest BCUT2D eigenvalue weighted by Gasteiger charge is 2.17. The van der Waals surface area contributed by atoms with Crippen LogP contribution in [0, 0.1) is 0 Å². The normalized spacial score (nSPS) is 12.7. The van der Waals surface area contributed by atoms with Gasteiger partial charge in [0.15, 0.2) is 0 Å². The van der Waals surface area contributed by atoms with Gasteiger partial charge in [-0.25, -0.2) is 4.79 Å². The maximum Gasteiger partial charge on any atom is 0.407 e. The fraction of sp³-hybridized carbons (Fsp3) is 0.400. The number of benzene rings is 1. The Kier molecular flexibility index (Phi) is 5.90. The maximum absolute atomic E-state index is 11.6. The molecule has 1 unspecified atom stereocenters. The lowest BCUT2D eigenvalue weighted by molar-refractivity contribution is 0.135. The first-order valence-electron chi connectivity index (χ1n) is 6.25. The summed E-state index contributed by atoms with van der Waals surface area (Å²) >= 11 is 11.9. The van der Waals surface area contributed by atoms with Crippen LogP contribution in [0.2, 0.25) is 10.0 Å².